The van der Waals surface area contributed by atoms with Crippen molar-refractivity contribution in [2.45, 2.75) is 12.5 Å². The van der Waals surface area contributed by atoms with E-state index in [0.29, 0.717) is 25.9 Å². The van der Waals surface area contributed by atoms with Gasteiger partial charge in [-0.05, 0) is 12.5 Å². The van der Waals surface area contributed by atoms with Gasteiger partial charge in [0.15, 0.2) is 0 Å². The Bertz CT molecular complexity index is 229. The van der Waals surface area contributed by atoms with Gasteiger partial charge in [0.1, 0.15) is 0 Å². The van der Waals surface area contributed by atoms with Gasteiger partial charge < -0.3 is 15.3 Å². The Kier molecular flexibility index (Phi) is 6.03. The molecular formula is C10H19N3O2. The molecule has 1 rings (SSSR count). The van der Waals surface area contributed by atoms with E-state index in [1.165, 1.54) is 0 Å². The quantitative estimate of drug-likeness (QED) is 0.271. The zero-order chi connectivity index (χ0) is 10.9. The summed E-state index contributed by atoms with van der Waals surface area (Å²) in [6.45, 7) is 1.45. The standard InChI is InChI=1S/C10H19N3O2/c1-11-9-2-4-10(5-3-9)12-8-15-7-6-13-14/h2-4,10-14H,5-8H2,1H3. The third kappa shape index (κ3) is 4.94. The molecule has 0 aromatic heterocycles. The van der Waals surface area contributed by atoms with Crippen molar-refractivity contribution in [3.05, 3.63) is 23.9 Å². The SMILES string of the molecule is CNC1=CCC(NCOCCNO)C=C1. The summed E-state index contributed by atoms with van der Waals surface area (Å²) in [5.74, 6) is 0. The maximum atomic E-state index is 8.29. The average Bonchev–Trinajstić information content (AvgIpc) is 2.30. The zero-order valence-electron chi connectivity index (χ0n) is 8.99. The number of hydroxylamine groups is 1. The van der Waals surface area contributed by atoms with Crippen LogP contribution in [0.3, 0.4) is 0 Å². The second kappa shape index (κ2) is 7.42. The molecule has 0 aliphatic heterocycles. The minimum Gasteiger partial charge on any atom is -0.388 e. The molecule has 5 heteroatoms. The predicted octanol–water partition coefficient (Wildman–Crippen LogP) is -0.0393. The molecule has 86 valence electrons. The van der Waals surface area contributed by atoms with Crippen molar-refractivity contribution in [3.63, 3.8) is 0 Å². The lowest BCUT2D eigenvalue weighted by Gasteiger charge is -2.17. The summed E-state index contributed by atoms with van der Waals surface area (Å²) in [7, 11) is 1.91. The first-order valence-corrected chi connectivity index (χ1v) is 5.11. The summed E-state index contributed by atoms with van der Waals surface area (Å²) >= 11 is 0. The van der Waals surface area contributed by atoms with Crippen molar-refractivity contribution in [3.8, 4) is 0 Å². The number of hydrogen-bond acceptors (Lipinski definition) is 5. The summed E-state index contributed by atoms with van der Waals surface area (Å²) in [5, 5.41) is 14.6. The minimum absolute atomic E-state index is 0.337. The predicted molar refractivity (Wildman–Crippen MR) is 58.4 cm³/mol. The van der Waals surface area contributed by atoms with Gasteiger partial charge in [-0.2, -0.15) is 0 Å². The van der Waals surface area contributed by atoms with Crippen LogP contribution in [-0.4, -0.2) is 38.2 Å². The fourth-order valence-corrected chi connectivity index (χ4v) is 1.31. The second-order valence-electron chi connectivity index (χ2n) is 3.28. The normalized spacial score (nSPS) is 20.1. The van der Waals surface area contributed by atoms with Crippen LogP contribution in [0.25, 0.3) is 0 Å². The van der Waals surface area contributed by atoms with Crippen LogP contribution < -0.4 is 16.1 Å². The molecule has 1 aliphatic rings. The van der Waals surface area contributed by atoms with Gasteiger partial charge in [-0.1, -0.05) is 12.2 Å². The van der Waals surface area contributed by atoms with Gasteiger partial charge >= 0.3 is 0 Å². The lowest BCUT2D eigenvalue weighted by atomic mass is 10.1. The Morgan fingerprint density at radius 1 is 1.60 bits per heavy atom. The maximum absolute atomic E-state index is 8.29. The first-order valence-electron chi connectivity index (χ1n) is 5.11. The lowest BCUT2D eigenvalue weighted by Crippen LogP contribution is -2.31. The van der Waals surface area contributed by atoms with Gasteiger partial charge in [0.2, 0.25) is 0 Å². The number of nitrogens with one attached hydrogen (secondary N) is 3. The number of ether oxygens (including phenoxy) is 1. The molecule has 0 heterocycles. The third-order valence-corrected chi connectivity index (χ3v) is 2.19. The summed E-state index contributed by atoms with van der Waals surface area (Å²) < 4.78 is 5.23. The van der Waals surface area contributed by atoms with Crippen molar-refractivity contribution in [2.24, 2.45) is 0 Å². The van der Waals surface area contributed by atoms with Gasteiger partial charge in [0.05, 0.1) is 13.3 Å². The molecule has 4 N–H and O–H groups in total. The van der Waals surface area contributed by atoms with Crippen LogP contribution in [0.4, 0.5) is 0 Å². The monoisotopic (exact) mass is 213 g/mol. The van der Waals surface area contributed by atoms with Gasteiger partial charge in [0, 0.05) is 25.3 Å². The van der Waals surface area contributed by atoms with Crippen LogP contribution in [0.2, 0.25) is 0 Å². The van der Waals surface area contributed by atoms with Crippen LogP contribution >= 0.6 is 0 Å². The number of rotatable bonds is 7. The van der Waals surface area contributed by atoms with Crippen LogP contribution in [0.1, 0.15) is 6.42 Å². The first-order chi connectivity index (χ1) is 7.36. The van der Waals surface area contributed by atoms with Crippen molar-refractivity contribution in [1.82, 2.24) is 16.1 Å². The van der Waals surface area contributed by atoms with E-state index in [9.17, 15) is 0 Å². The molecule has 15 heavy (non-hydrogen) atoms. The highest BCUT2D eigenvalue weighted by atomic mass is 16.5. The molecule has 1 unspecified atom stereocenters. The van der Waals surface area contributed by atoms with E-state index < -0.39 is 0 Å². The fraction of sp³-hybridized carbons (Fsp3) is 0.600. The lowest BCUT2D eigenvalue weighted by molar-refractivity contribution is 0.0781. The Morgan fingerprint density at radius 3 is 3.07 bits per heavy atom. The Hall–Kier alpha value is -0.880. The van der Waals surface area contributed by atoms with Gasteiger partial charge in [-0.15, -0.1) is 0 Å². The Labute approximate surface area is 90.2 Å². The van der Waals surface area contributed by atoms with Crippen molar-refractivity contribution in [2.75, 3.05) is 26.9 Å². The van der Waals surface area contributed by atoms with Crippen LogP contribution in [0, 0.1) is 0 Å². The molecule has 0 radical (unpaired) electrons. The van der Waals surface area contributed by atoms with Gasteiger partial charge in [0.25, 0.3) is 0 Å². The number of likely N-dealkylation sites (N-methyl/N-ethyl adjacent to an activating group) is 1. The molecule has 1 aliphatic carbocycles. The third-order valence-electron chi connectivity index (χ3n) is 2.19. The Morgan fingerprint density at radius 2 is 2.47 bits per heavy atom. The molecule has 5 nitrogen and oxygen atoms in total. The topological polar surface area (TPSA) is 65.5 Å². The van der Waals surface area contributed by atoms with Crippen molar-refractivity contribution >= 4 is 0 Å². The van der Waals surface area contributed by atoms with E-state index >= 15 is 0 Å². The van der Waals surface area contributed by atoms with E-state index in [1.54, 1.807) is 0 Å². The summed E-state index contributed by atoms with van der Waals surface area (Å²) in [4.78, 5) is 0. The minimum atomic E-state index is 0.337. The average molecular weight is 213 g/mol. The second-order valence-corrected chi connectivity index (χ2v) is 3.28. The summed E-state index contributed by atoms with van der Waals surface area (Å²) in [5.41, 5.74) is 3.19. The van der Waals surface area contributed by atoms with E-state index in [2.05, 4.69) is 28.9 Å². The molecule has 0 aromatic carbocycles. The molecule has 0 saturated heterocycles. The van der Waals surface area contributed by atoms with Crippen LogP contribution in [0.5, 0.6) is 0 Å². The van der Waals surface area contributed by atoms with Crippen molar-refractivity contribution < 1.29 is 9.94 Å². The van der Waals surface area contributed by atoms with Crippen molar-refractivity contribution in [1.29, 1.82) is 0 Å². The molecule has 0 amide bonds. The van der Waals surface area contributed by atoms with Crippen LogP contribution in [-0.2, 0) is 4.74 Å². The zero-order valence-corrected chi connectivity index (χ0v) is 8.99. The largest absolute Gasteiger partial charge is 0.388 e. The summed E-state index contributed by atoms with van der Waals surface area (Å²) in [6.07, 6.45) is 7.27. The fourth-order valence-electron chi connectivity index (χ4n) is 1.31. The molecule has 0 aromatic rings. The van der Waals surface area contributed by atoms with E-state index in [4.69, 9.17) is 9.94 Å². The molecule has 0 fully saturated rings. The first kappa shape index (κ1) is 12.2. The number of hydrogen-bond donors (Lipinski definition) is 4. The van der Waals surface area contributed by atoms with E-state index in [1.807, 2.05) is 12.5 Å². The van der Waals surface area contributed by atoms with E-state index in [0.717, 1.165) is 12.1 Å². The van der Waals surface area contributed by atoms with Crippen LogP contribution in [0.15, 0.2) is 23.9 Å². The Balaban J connectivity index is 2.05. The molecule has 1 atom stereocenters. The number of allylic oxidation sites excluding steroid dienone is 1. The highest BCUT2D eigenvalue weighted by Crippen LogP contribution is 2.07. The van der Waals surface area contributed by atoms with E-state index in [-0.39, 0.29) is 0 Å². The molecular weight excluding hydrogens is 194 g/mol. The molecule has 0 spiro atoms. The summed E-state index contributed by atoms with van der Waals surface area (Å²) in [6, 6.07) is 0.337. The molecule has 0 saturated carbocycles. The molecule has 0 bridgehead atoms. The highest BCUT2D eigenvalue weighted by molar-refractivity contribution is 5.23. The maximum Gasteiger partial charge on any atom is 0.0970 e. The van der Waals surface area contributed by atoms with Gasteiger partial charge in [-0.25, -0.2) is 5.48 Å². The highest BCUT2D eigenvalue weighted by Gasteiger charge is 2.06. The smallest absolute Gasteiger partial charge is 0.0970 e. The van der Waals surface area contributed by atoms with Gasteiger partial charge in [-0.3, -0.25) is 5.32 Å².